The maximum Gasteiger partial charge on any atom is 0.126 e. The smallest absolute Gasteiger partial charge is 0.126 e. The molecule has 1 heterocycles. The van der Waals surface area contributed by atoms with Crippen molar-refractivity contribution in [3.8, 4) is 0 Å². The Morgan fingerprint density at radius 3 is 2.58 bits per heavy atom. The molecule has 12 heavy (non-hydrogen) atoms. The normalized spacial score (nSPS) is 22.8. The number of rotatable bonds is 3. The van der Waals surface area contributed by atoms with Crippen LogP contribution in [0.3, 0.4) is 0 Å². The van der Waals surface area contributed by atoms with Crippen molar-refractivity contribution in [3.63, 3.8) is 0 Å². The van der Waals surface area contributed by atoms with E-state index in [1.807, 2.05) is 6.08 Å². The highest BCUT2D eigenvalue weighted by atomic mass is 35.5. The van der Waals surface area contributed by atoms with Crippen molar-refractivity contribution < 1.29 is 9.53 Å². The average molecular weight is 189 g/mol. The van der Waals surface area contributed by atoms with Gasteiger partial charge in [-0.15, -0.1) is 0 Å². The van der Waals surface area contributed by atoms with Crippen LogP contribution in [0.1, 0.15) is 19.3 Å². The zero-order chi connectivity index (χ0) is 8.86. The second-order valence-electron chi connectivity index (χ2n) is 3.16. The molecule has 1 fully saturated rings. The molecule has 0 unspecified atom stereocenters. The molecule has 0 aromatic carbocycles. The first kappa shape index (κ1) is 9.75. The highest BCUT2D eigenvalue weighted by Crippen LogP contribution is 2.32. The first-order chi connectivity index (χ1) is 5.83. The lowest BCUT2D eigenvalue weighted by Crippen LogP contribution is -2.30. The highest BCUT2D eigenvalue weighted by Gasteiger charge is 2.30. The summed E-state index contributed by atoms with van der Waals surface area (Å²) < 4.78 is 5.19. The lowest BCUT2D eigenvalue weighted by atomic mass is 9.79. The van der Waals surface area contributed by atoms with E-state index in [0.717, 1.165) is 25.5 Å². The Balaban J connectivity index is 2.53. The Kier molecular flexibility index (Phi) is 3.76. The van der Waals surface area contributed by atoms with Crippen molar-refractivity contribution in [2.24, 2.45) is 5.41 Å². The molecular formula is C9H13ClO2. The van der Waals surface area contributed by atoms with Crippen LogP contribution in [0.2, 0.25) is 0 Å². The van der Waals surface area contributed by atoms with Crippen LogP contribution in [0, 0.1) is 5.41 Å². The molecule has 1 aliphatic rings. The molecule has 0 aliphatic carbocycles. The van der Waals surface area contributed by atoms with E-state index in [-0.39, 0.29) is 5.41 Å². The molecule has 0 aromatic heterocycles. The predicted molar refractivity (Wildman–Crippen MR) is 48.2 cm³/mol. The van der Waals surface area contributed by atoms with Gasteiger partial charge in [0.2, 0.25) is 0 Å². The molecule has 0 N–H and O–H groups in total. The average Bonchev–Trinajstić information content (AvgIpc) is 2.16. The summed E-state index contributed by atoms with van der Waals surface area (Å²) in [5.41, 5.74) is 1.27. The molecular weight excluding hydrogens is 176 g/mol. The third-order valence-electron chi connectivity index (χ3n) is 2.35. The van der Waals surface area contributed by atoms with Crippen LogP contribution in [0.15, 0.2) is 11.6 Å². The van der Waals surface area contributed by atoms with Gasteiger partial charge >= 0.3 is 0 Å². The van der Waals surface area contributed by atoms with Gasteiger partial charge in [-0.05, 0) is 19.3 Å². The first-order valence-corrected chi connectivity index (χ1v) is 4.56. The quantitative estimate of drug-likeness (QED) is 0.635. The minimum atomic E-state index is -0.205. The Morgan fingerprint density at radius 1 is 1.42 bits per heavy atom. The van der Waals surface area contributed by atoms with E-state index in [1.54, 1.807) is 0 Å². The fourth-order valence-electron chi connectivity index (χ4n) is 1.43. The van der Waals surface area contributed by atoms with Crippen LogP contribution >= 0.6 is 11.6 Å². The minimum Gasteiger partial charge on any atom is -0.381 e. The number of aldehydes is 1. The summed E-state index contributed by atoms with van der Waals surface area (Å²) in [6, 6.07) is 0. The van der Waals surface area contributed by atoms with Gasteiger partial charge in [-0.25, -0.2) is 0 Å². The van der Waals surface area contributed by atoms with Crippen LogP contribution in [0.4, 0.5) is 0 Å². The van der Waals surface area contributed by atoms with Gasteiger partial charge in [-0.2, -0.15) is 0 Å². The molecule has 1 rings (SSSR count). The van der Waals surface area contributed by atoms with Crippen molar-refractivity contribution in [3.05, 3.63) is 11.6 Å². The molecule has 0 bridgehead atoms. The van der Waals surface area contributed by atoms with Crippen LogP contribution in [0.5, 0.6) is 0 Å². The van der Waals surface area contributed by atoms with Gasteiger partial charge in [0.15, 0.2) is 0 Å². The SMILES string of the molecule is O=CC1(C/C=C/Cl)CCOCC1. The fourth-order valence-corrected chi connectivity index (χ4v) is 1.52. The van der Waals surface area contributed by atoms with Crippen LogP contribution in [0.25, 0.3) is 0 Å². The van der Waals surface area contributed by atoms with Gasteiger partial charge < -0.3 is 9.53 Å². The molecule has 1 saturated heterocycles. The van der Waals surface area contributed by atoms with Gasteiger partial charge in [-0.1, -0.05) is 17.7 Å². The molecule has 1 aliphatic heterocycles. The Labute approximate surface area is 77.5 Å². The topological polar surface area (TPSA) is 26.3 Å². The number of carbonyl (C=O) groups excluding carboxylic acids is 1. The third-order valence-corrected chi connectivity index (χ3v) is 2.53. The molecule has 0 aromatic rings. The van der Waals surface area contributed by atoms with Crippen molar-refractivity contribution in [2.45, 2.75) is 19.3 Å². The Hall–Kier alpha value is -0.340. The third kappa shape index (κ3) is 2.32. The molecule has 68 valence electrons. The summed E-state index contributed by atoms with van der Waals surface area (Å²) in [5, 5.41) is 0. The van der Waals surface area contributed by atoms with E-state index in [9.17, 15) is 4.79 Å². The largest absolute Gasteiger partial charge is 0.381 e. The molecule has 3 heteroatoms. The van der Waals surface area contributed by atoms with Crippen LogP contribution in [-0.2, 0) is 9.53 Å². The number of ether oxygens (including phenoxy) is 1. The Morgan fingerprint density at radius 2 is 2.08 bits per heavy atom. The van der Waals surface area contributed by atoms with Gasteiger partial charge in [0.1, 0.15) is 6.29 Å². The monoisotopic (exact) mass is 188 g/mol. The lowest BCUT2D eigenvalue weighted by Gasteiger charge is -2.30. The fraction of sp³-hybridized carbons (Fsp3) is 0.667. The van der Waals surface area contributed by atoms with Crippen LogP contribution < -0.4 is 0 Å². The highest BCUT2D eigenvalue weighted by molar-refractivity contribution is 6.25. The maximum atomic E-state index is 10.9. The number of halogens is 1. The lowest BCUT2D eigenvalue weighted by molar-refractivity contribution is -0.121. The summed E-state index contributed by atoms with van der Waals surface area (Å²) in [7, 11) is 0. The van der Waals surface area contributed by atoms with Crippen molar-refractivity contribution in [2.75, 3.05) is 13.2 Å². The molecule has 0 saturated carbocycles. The van der Waals surface area contributed by atoms with E-state index in [2.05, 4.69) is 0 Å². The van der Waals surface area contributed by atoms with Gasteiger partial charge in [-0.3, -0.25) is 0 Å². The molecule has 0 atom stereocenters. The van der Waals surface area contributed by atoms with E-state index >= 15 is 0 Å². The molecule has 0 spiro atoms. The van der Waals surface area contributed by atoms with Crippen LogP contribution in [-0.4, -0.2) is 19.5 Å². The van der Waals surface area contributed by atoms with E-state index in [4.69, 9.17) is 16.3 Å². The summed E-state index contributed by atoms with van der Waals surface area (Å²) in [5.74, 6) is 0. The van der Waals surface area contributed by atoms with Gasteiger partial charge in [0.05, 0.1) is 0 Å². The number of hydrogen-bond donors (Lipinski definition) is 0. The summed E-state index contributed by atoms with van der Waals surface area (Å²) in [4.78, 5) is 10.9. The second-order valence-corrected chi connectivity index (χ2v) is 3.41. The first-order valence-electron chi connectivity index (χ1n) is 4.12. The number of allylic oxidation sites excluding steroid dienone is 1. The van der Waals surface area contributed by atoms with Gasteiger partial charge in [0, 0.05) is 24.2 Å². The predicted octanol–water partition coefficient (Wildman–Crippen LogP) is 2.12. The minimum absolute atomic E-state index is 0.205. The van der Waals surface area contributed by atoms with Crippen molar-refractivity contribution >= 4 is 17.9 Å². The summed E-state index contributed by atoms with van der Waals surface area (Å²) in [6.45, 7) is 1.38. The van der Waals surface area contributed by atoms with E-state index < -0.39 is 0 Å². The van der Waals surface area contributed by atoms with Gasteiger partial charge in [0.25, 0.3) is 0 Å². The number of carbonyl (C=O) groups is 1. The summed E-state index contributed by atoms with van der Waals surface area (Å²) in [6.07, 6.45) is 5.26. The van der Waals surface area contributed by atoms with E-state index in [1.165, 1.54) is 5.54 Å². The molecule has 0 radical (unpaired) electrons. The second kappa shape index (κ2) is 4.63. The zero-order valence-corrected chi connectivity index (χ0v) is 7.72. The zero-order valence-electron chi connectivity index (χ0n) is 6.96. The number of hydrogen-bond acceptors (Lipinski definition) is 2. The van der Waals surface area contributed by atoms with Crippen molar-refractivity contribution in [1.82, 2.24) is 0 Å². The Bertz CT molecular complexity index is 171. The van der Waals surface area contributed by atoms with E-state index in [0.29, 0.717) is 13.2 Å². The molecule has 0 amide bonds. The molecule has 2 nitrogen and oxygen atoms in total. The van der Waals surface area contributed by atoms with Crippen molar-refractivity contribution in [1.29, 1.82) is 0 Å². The standard InChI is InChI=1S/C9H13ClO2/c10-5-1-2-9(8-11)3-6-12-7-4-9/h1,5,8H,2-4,6-7H2/b5-1+. The maximum absolute atomic E-state index is 10.9. The summed E-state index contributed by atoms with van der Waals surface area (Å²) >= 11 is 5.41.